The van der Waals surface area contributed by atoms with Crippen molar-refractivity contribution in [2.45, 2.75) is 18.6 Å². The number of nitrogens with zero attached hydrogens (tertiary/aromatic N) is 3. The molecular weight excluding hydrogens is 361 g/mol. The first-order valence-electron chi connectivity index (χ1n) is 6.87. The van der Waals surface area contributed by atoms with Gasteiger partial charge in [-0.1, -0.05) is 23.4 Å². The van der Waals surface area contributed by atoms with Gasteiger partial charge in [0.15, 0.2) is 11.8 Å². The molecule has 140 valence electrons. The minimum Gasteiger partial charge on any atom is -0.542 e. The van der Waals surface area contributed by atoms with Gasteiger partial charge in [-0.05, 0) is 12.1 Å². The summed E-state index contributed by atoms with van der Waals surface area (Å²) in [6.07, 6.45) is -3.91. The van der Waals surface area contributed by atoms with Crippen molar-refractivity contribution in [3.63, 3.8) is 0 Å². The molecular formula is C14H13F3N4O5. The van der Waals surface area contributed by atoms with E-state index < -0.39 is 24.2 Å². The van der Waals surface area contributed by atoms with E-state index >= 15 is 0 Å². The lowest BCUT2D eigenvalue weighted by Gasteiger charge is -2.03. The Morgan fingerprint density at radius 3 is 2.23 bits per heavy atom. The molecule has 0 aliphatic heterocycles. The number of halogens is 3. The van der Waals surface area contributed by atoms with Gasteiger partial charge in [0.1, 0.15) is 11.7 Å². The average molecular weight is 374 g/mol. The molecule has 0 aliphatic carbocycles. The van der Waals surface area contributed by atoms with Crippen LogP contribution in [0.2, 0.25) is 0 Å². The number of hydrogen-bond donors (Lipinski definition) is 2. The van der Waals surface area contributed by atoms with Crippen molar-refractivity contribution in [2.75, 3.05) is 0 Å². The van der Waals surface area contributed by atoms with E-state index in [-0.39, 0.29) is 17.9 Å². The molecule has 4 N–H and O–H groups in total. The van der Waals surface area contributed by atoms with E-state index in [0.717, 1.165) is 5.69 Å². The van der Waals surface area contributed by atoms with Crippen molar-refractivity contribution < 1.29 is 43.5 Å². The quantitative estimate of drug-likeness (QED) is 0.626. The molecule has 0 amide bonds. The molecule has 0 unspecified atom stereocenters. The number of Topliss-reactive ketones (excluding diaryl/α,β-unsaturated/α-hetero) is 1. The Morgan fingerprint density at radius 1 is 1.23 bits per heavy atom. The maximum absolute atomic E-state index is 11.8. The van der Waals surface area contributed by atoms with Gasteiger partial charge in [0, 0.05) is 0 Å². The third-order valence-corrected chi connectivity index (χ3v) is 2.81. The smallest absolute Gasteiger partial charge is 0.430 e. The number of hydrogen-bond acceptors (Lipinski definition) is 6. The Bertz CT molecular complexity index is 776. The fourth-order valence-corrected chi connectivity index (χ4v) is 1.51. The third kappa shape index (κ3) is 6.32. The molecule has 0 bridgehead atoms. The Hall–Kier alpha value is -3.28. The summed E-state index contributed by atoms with van der Waals surface area (Å²) in [5, 5.41) is 25.1. The minimum absolute atomic E-state index is 0.138. The zero-order valence-corrected chi connectivity index (χ0v) is 13.0. The summed E-state index contributed by atoms with van der Waals surface area (Å²) in [5.74, 6) is -4.50. The van der Waals surface area contributed by atoms with E-state index in [1.807, 2.05) is 30.3 Å². The van der Waals surface area contributed by atoms with Gasteiger partial charge in [0.2, 0.25) is 0 Å². The highest BCUT2D eigenvalue weighted by Gasteiger charge is 2.28. The molecule has 1 heterocycles. The third-order valence-electron chi connectivity index (χ3n) is 2.81. The van der Waals surface area contributed by atoms with E-state index in [1.54, 1.807) is 0 Å². The SMILES string of the molecule is O=C([O-])C(F)(F)F.[NH3+][C@@H](CC(=O)c1cn(-c2ccccc2)nn1)C(=O)O. The van der Waals surface area contributed by atoms with Crippen LogP contribution in [0, 0.1) is 0 Å². The van der Waals surface area contributed by atoms with Crippen molar-refractivity contribution in [3.8, 4) is 5.69 Å². The number of rotatable bonds is 5. The maximum atomic E-state index is 11.8. The van der Waals surface area contributed by atoms with Crippen LogP contribution in [-0.2, 0) is 9.59 Å². The summed E-state index contributed by atoms with van der Waals surface area (Å²) < 4.78 is 33.0. The molecule has 0 spiro atoms. The number of alkyl halides is 3. The van der Waals surface area contributed by atoms with Crippen LogP contribution in [0.15, 0.2) is 36.5 Å². The topological polar surface area (TPSA) is 153 Å². The van der Waals surface area contributed by atoms with Crippen LogP contribution in [0.4, 0.5) is 13.2 Å². The molecule has 0 aliphatic rings. The number of aliphatic carboxylic acids is 2. The second kappa shape index (κ2) is 8.71. The molecule has 0 saturated heterocycles. The number of carboxylic acids is 2. The minimum atomic E-state index is -5.19. The predicted molar refractivity (Wildman–Crippen MR) is 75.7 cm³/mol. The van der Waals surface area contributed by atoms with Crippen LogP contribution in [-0.4, -0.2) is 50.0 Å². The lowest BCUT2D eigenvalue weighted by atomic mass is 10.1. The summed E-state index contributed by atoms with van der Waals surface area (Å²) in [7, 11) is 0. The summed E-state index contributed by atoms with van der Waals surface area (Å²) in [4.78, 5) is 31.2. The Labute approximate surface area is 143 Å². The number of carbonyl (C=O) groups is 3. The summed E-state index contributed by atoms with van der Waals surface area (Å²) in [5.41, 5.74) is 4.31. The molecule has 2 rings (SSSR count). The molecule has 9 nitrogen and oxygen atoms in total. The van der Waals surface area contributed by atoms with Crippen LogP contribution in [0.25, 0.3) is 5.69 Å². The van der Waals surface area contributed by atoms with Gasteiger partial charge in [-0.15, -0.1) is 5.10 Å². The van der Waals surface area contributed by atoms with Crippen molar-refractivity contribution in [3.05, 3.63) is 42.2 Å². The van der Waals surface area contributed by atoms with E-state index in [4.69, 9.17) is 15.0 Å². The first kappa shape index (κ1) is 20.8. The zero-order valence-electron chi connectivity index (χ0n) is 13.0. The molecule has 2 aromatic rings. The van der Waals surface area contributed by atoms with E-state index in [2.05, 4.69) is 16.0 Å². The van der Waals surface area contributed by atoms with Crippen LogP contribution < -0.4 is 10.8 Å². The van der Waals surface area contributed by atoms with Crippen molar-refractivity contribution in [1.29, 1.82) is 0 Å². The van der Waals surface area contributed by atoms with Gasteiger partial charge in [0.05, 0.1) is 18.3 Å². The van der Waals surface area contributed by atoms with Crippen molar-refractivity contribution in [1.82, 2.24) is 15.0 Å². The first-order chi connectivity index (χ1) is 12.0. The largest absolute Gasteiger partial charge is 0.542 e. The molecule has 0 saturated carbocycles. The summed E-state index contributed by atoms with van der Waals surface area (Å²) in [6, 6.07) is 8.22. The lowest BCUT2D eigenvalue weighted by molar-refractivity contribution is -0.405. The van der Waals surface area contributed by atoms with Gasteiger partial charge in [-0.2, -0.15) is 13.2 Å². The van der Waals surface area contributed by atoms with Gasteiger partial charge in [-0.25, -0.2) is 9.48 Å². The number of quaternary nitrogens is 1. The van der Waals surface area contributed by atoms with E-state index in [0.29, 0.717) is 0 Å². The van der Waals surface area contributed by atoms with Crippen molar-refractivity contribution in [2.24, 2.45) is 0 Å². The molecule has 0 radical (unpaired) electrons. The maximum Gasteiger partial charge on any atom is 0.430 e. The summed E-state index contributed by atoms with van der Waals surface area (Å²) in [6.45, 7) is 0. The number of carboxylic acid groups (broad SMARTS) is 2. The molecule has 1 aromatic carbocycles. The van der Waals surface area contributed by atoms with Crippen LogP contribution in [0.5, 0.6) is 0 Å². The van der Waals surface area contributed by atoms with Crippen LogP contribution in [0.3, 0.4) is 0 Å². The highest BCUT2D eigenvalue weighted by molar-refractivity contribution is 5.96. The fraction of sp³-hybridized carbons (Fsp3) is 0.214. The summed E-state index contributed by atoms with van der Waals surface area (Å²) >= 11 is 0. The Balaban J connectivity index is 0.000000412. The molecule has 0 fully saturated rings. The van der Waals surface area contributed by atoms with E-state index in [9.17, 15) is 22.8 Å². The Kier molecular flexibility index (Phi) is 6.96. The standard InChI is InChI=1S/C12H12N4O3.C2HF3O2/c13-9(12(18)19)6-11(17)10-7-16(15-14-10)8-4-2-1-3-5-8;3-2(4,5)1(6)7/h1-5,7,9H,6,13H2,(H,18,19);(H,6,7)/t9-;/m0./s1. The first-order valence-corrected chi connectivity index (χ1v) is 6.87. The normalized spacial score (nSPS) is 11.8. The predicted octanol–water partition coefficient (Wildman–Crippen LogP) is -1.17. The average Bonchev–Trinajstić information content (AvgIpc) is 3.05. The number of ketones is 1. The highest BCUT2D eigenvalue weighted by atomic mass is 19.4. The number of para-hydroxylation sites is 1. The monoisotopic (exact) mass is 374 g/mol. The zero-order chi connectivity index (χ0) is 19.9. The van der Waals surface area contributed by atoms with Gasteiger partial charge >= 0.3 is 12.1 Å². The van der Waals surface area contributed by atoms with Crippen LogP contribution >= 0.6 is 0 Å². The molecule has 12 heteroatoms. The van der Waals surface area contributed by atoms with Gasteiger partial charge in [0.25, 0.3) is 0 Å². The van der Waals surface area contributed by atoms with Gasteiger partial charge in [-0.3, -0.25) is 4.79 Å². The van der Waals surface area contributed by atoms with Crippen LogP contribution in [0.1, 0.15) is 16.9 Å². The Morgan fingerprint density at radius 2 is 1.77 bits per heavy atom. The number of benzene rings is 1. The fourth-order valence-electron chi connectivity index (χ4n) is 1.51. The van der Waals surface area contributed by atoms with Gasteiger partial charge < -0.3 is 20.7 Å². The van der Waals surface area contributed by atoms with Crippen molar-refractivity contribution >= 4 is 17.7 Å². The molecule has 1 atom stereocenters. The van der Waals surface area contributed by atoms with E-state index in [1.165, 1.54) is 10.9 Å². The lowest BCUT2D eigenvalue weighted by Crippen LogP contribution is -2.65. The number of carbonyl (C=O) groups excluding carboxylic acids is 2. The number of aromatic nitrogens is 3. The second-order valence-corrected chi connectivity index (χ2v) is 4.83. The highest BCUT2D eigenvalue weighted by Crippen LogP contribution is 2.11. The second-order valence-electron chi connectivity index (χ2n) is 4.83. The molecule has 1 aromatic heterocycles. The molecule has 26 heavy (non-hydrogen) atoms.